The highest BCUT2D eigenvalue weighted by atomic mass is 16.8. The van der Waals surface area contributed by atoms with E-state index in [0.29, 0.717) is 19.4 Å². The van der Waals surface area contributed by atoms with Gasteiger partial charge >= 0.3 is 5.97 Å². The first-order valence-corrected chi connectivity index (χ1v) is 17.1. The Morgan fingerprint density at radius 3 is 2.47 bits per heavy atom. The number of fused-ring (bicyclic) bond motifs is 4. The summed E-state index contributed by atoms with van der Waals surface area (Å²) in [6.07, 6.45) is 6.11. The molecule has 4 heterocycles. The van der Waals surface area contributed by atoms with Gasteiger partial charge in [-0.25, -0.2) is 0 Å². The predicted molar refractivity (Wildman–Crippen MR) is 162 cm³/mol. The summed E-state index contributed by atoms with van der Waals surface area (Å²) < 4.78 is 25.1. The molecule has 13 heteroatoms. The highest BCUT2D eigenvalue weighted by molar-refractivity contribution is 5.96. The van der Waals surface area contributed by atoms with Crippen molar-refractivity contribution in [2.24, 2.45) is 17.3 Å². The van der Waals surface area contributed by atoms with E-state index in [2.05, 4.69) is 5.32 Å². The summed E-state index contributed by atoms with van der Waals surface area (Å²) in [5.41, 5.74) is 0.424. The Bertz CT molecular complexity index is 1400. The number of carbonyl (C=O) groups excluding carboxylic acids is 3. The maximum absolute atomic E-state index is 15.0. The van der Waals surface area contributed by atoms with Crippen molar-refractivity contribution in [3.05, 3.63) is 41.7 Å². The molecule has 47 heavy (non-hydrogen) atoms. The largest absolute Gasteiger partial charge is 0.499 e. The van der Waals surface area contributed by atoms with Gasteiger partial charge in [-0.1, -0.05) is 24.3 Å². The van der Waals surface area contributed by atoms with Crippen LogP contribution in [-0.4, -0.2) is 113 Å². The summed E-state index contributed by atoms with van der Waals surface area (Å²) in [6, 6.07) is 5.94. The van der Waals surface area contributed by atoms with Crippen molar-refractivity contribution in [2.75, 3.05) is 32.9 Å². The number of rotatable bonds is 12. The molecule has 3 aliphatic carbocycles. The molecule has 1 aromatic carbocycles. The SMILES string of the molecule is O=C(NCCO)[C@H]1CCCN1C(=O)[C@@]12C[C@H]3OC(=O)[C@@H]1N(Cc1ccc(C=COCCO)cc1)O[C@@H]2[C@H]1OC(C2CC2)(C2CC2)O[C@H]13. The van der Waals surface area contributed by atoms with E-state index < -0.39 is 53.7 Å². The second-order valence-corrected chi connectivity index (χ2v) is 14.0. The molecule has 4 saturated heterocycles. The van der Waals surface area contributed by atoms with E-state index >= 15 is 4.79 Å². The Morgan fingerprint density at radius 2 is 1.77 bits per heavy atom. The predicted octanol–water partition coefficient (Wildman–Crippen LogP) is 0.866. The van der Waals surface area contributed by atoms with Gasteiger partial charge in [0.15, 0.2) is 11.8 Å². The molecular formula is C34H43N3O10. The lowest BCUT2D eigenvalue weighted by molar-refractivity contribution is -0.235. The Labute approximate surface area is 273 Å². The van der Waals surface area contributed by atoms with Gasteiger partial charge in [0.05, 0.1) is 26.0 Å². The van der Waals surface area contributed by atoms with Crippen LogP contribution in [0.3, 0.4) is 0 Å². The highest BCUT2D eigenvalue weighted by Gasteiger charge is 2.78. The van der Waals surface area contributed by atoms with Gasteiger partial charge in [-0.05, 0) is 55.7 Å². The molecule has 7 atom stereocenters. The highest BCUT2D eigenvalue weighted by Crippen LogP contribution is 2.64. The first-order valence-electron chi connectivity index (χ1n) is 17.1. The fraction of sp³-hybridized carbons (Fsp3) is 0.676. The van der Waals surface area contributed by atoms with Crippen LogP contribution in [0, 0.1) is 17.3 Å². The fourth-order valence-corrected chi connectivity index (χ4v) is 8.65. The van der Waals surface area contributed by atoms with Crippen LogP contribution in [-0.2, 0) is 44.7 Å². The maximum Gasteiger partial charge on any atom is 0.327 e. The summed E-state index contributed by atoms with van der Waals surface area (Å²) >= 11 is 0. The van der Waals surface area contributed by atoms with E-state index in [1.54, 1.807) is 16.0 Å². The second kappa shape index (κ2) is 12.1. The number of carbonyl (C=O) groups is 3. The number of hydroxylamine groups is 2. The minimum absolute atomic E-state index is 0.0648. The summed E-state index contributed by atoms with van der Waals surface area (Å²) in [5, 5.41) is 22.5. The molecule has 254 valence electrons. The number of likely N-dealkylation sites (tertiary alicyclic amines) is 1. The molecule has 3 saturated carbocycles. The van der Waals surface area contributed by atoms with Crippen LogP contribution in [0.2, 0.25) is 0 Å². The number of nitrogens with one attached hydrogen (secondary N) is 1. The number of hydrogen-bond donors (Lipinski definition) is 3. The zero-order valence-electron chi connectivity index (χ0n) is 26.3. The number of hydrogen-bond acceptors (Lipinski definition) is 11. The summed E-state index contributed by atoms with van der Waals surface area (Å²) in [6.45, 7) is 0.651. The van der Waals surface area contributed by atoms with Crippen molar-refractivity contribution in [2.45, 2.75) is 93.8 Å². The summed E-state index contributed by atoms with van der Waals surface area (Å²) in [7, 11) is 0. The molecule has 3 N–H and O–H groups in total. The Morgan fingerprint density at radius 1 is 1.02 bits per heavy atom. The molecule has 2 bridgehead atoms. The second-order valence-electron chi connectivity index (χ2n) is 14.0. The molecule has 7 fully saturated rings. The molecular weight excluding hydrogens is 610 g/mol. The van der Waals surface area contributed by atoms with Crippen LogP contribution < -0.4 is 5.32 Å². The first-order chi connectivity index (χ1) is 22.9. The topological polar surface area (TPSA) is 156 Å². The average molecular weight is 654 g/mol. The molecule has 0 aromatic heterocycles. The first kappa shape index (κ1) is 31.2. The van der Waals surface area contributed by atoms with Crippen molar-refractivity contribution in [3.63, 3.8) is 0 Å². The monoisotopic (exact) mass is 653 g/mol. The van der Waals surface area contributed by atoms with Crippen LogP contribution >= 0.6 is 0 Å². The number of nitrogens with zero attached hydrogens (tertiary/aromatic N) is 2. The van der Waals surface area contributed by atoms with Gasteiger partial charge in [-0.3, -0.25) is 19.2 Å². The Balaban J connectivity index is 1.12. The van der Waals surface area contributed by atoms with E-state index in [1.807, 2.05) is 24.3 Å². The van der Waals surface area contributed by atoms with Crippen LogP contribution in [0.15, 0.2) is 30.5 Å². The zero-order valence-corrected chi connectivity index (χ0v) is 26.3. The molecule has 0 radical (unpaired) electrons. The van der Waals surface area contributed by atoms with Crippen molar-refractivity contribution >= 4 is 23.9 Å². The third-order valence-electron chi connectivity index (χ3n) is 11.0. The van der Waals surface area contributed by atoms with Gasteiger partial charge in [-0.15, -0.1) is 0 Å². The van der Waals surface area contributed by atoms with Gasteiger partial charge in [0.2, 0.25) is 11.8 Å². The number of aliphatic hydroxyl groups is 2. The van der Waals surface area contributed by atoms with Crippen LogP contribution in [0.25, 0.3) is 6.08 Å². The van der Waals surface area contributed by atoms with Crippen molar-refractivity contribution in [3.8, 4) is 0 Å². The minimum Gasteiger partial charge on any atom is -0.499 e. The Hall–Kier alpha value is -3.07. The van der Waals surface area contributed by atoms with E-state index in [-0.39, 0.29) is 63.0 Å². The zero-order chi connectivity index (χ0) is 32.3. The number of ether oxygens (including phenoxy) is 4. The van der Waals surface area contributed by atoms with Gasteiger partial charge in [0.25, 0.3) is 0 Å². The van der Waals surface area contributed by atoms with E-state index in [4.69, 9.17) is 28.9 Å². The fourth-order valence-electron chi connectivity index (χ4n) is 8.65. The van der Waals surface area contributed by atoms with Crippen molar-refractivity contribution in [1.82, 2.24) is 15.3 Å². The van der Waals surface area contributed by atoms with Crippen LogP contribution in [0.4, 0.5) is 0 Å². The van der Waals surface area contributed by atoms with E-state index in [9.17, 15) is 14.7 Å². The average Bonchev–Trinajstić information content (AvgIpc) is 4.00. The lowest BCUT2D eigenvalue weighted by Gasteiger charge is -2.50. The maximum atomic E-state index is 15.0. The van der Waals surface area contributed by atoms with Gasteiger partial charge in [-0.2, -0.15) is 5.06 Å². The van der Waals surface area contributed by atoms with Crippen molar-refractivity contribution in [1.29, 1.82) is 0 Å². The third kappa shape index (κ3) is 5.17. The lowest BCUT2D eigenvalue weighted by atomic mass is 9.62. The molecule has 0 unspecified atom stereocenters. The lowest BCUT2D eigenvalue weighted by Crippen LogP contribution is -2.70. The molecule has 0 spiro atoms. The van der Waals surface area contributed by atoms with Gasteiger partial charge in [0.1, 0.15) is 42.5 Å². The molecule has 8 rings (SSSR count). The molecule has 1 aromatic rings. The molecule has 13 nitrogen and oxygen atoms in total. The summed E-state index contributed by atoms with van der Waals surface area (Å²) in [5.74, 6) is -1.34. The van der Waals surface area contributed by atoms with Gasteiger partial charge < -0.3 is 39.4 Å². The third-order valence-corrected chi connectivity index (χ3v) is 11.0. The normalized spacial score (nSPS) is 35.6. The number of aliphatic hydroxyl groups excluding tert-OH is 2. The number of esters is 1. The molecule has 2 amide bonds. The molecule has 4 aliphatic heterocycles. The quantitative estimate of drug-likeness (QED) is 0.167. The van der Waals surface area contributed by atoms with E-state index in [1.165, 1.54) is 6.26 Å². The Kier molecular flexibility index (Phi) is 8.05. The summed E-state index contributed by atoms with van der Waals surface area (Å²) in [4.78, 5) is 50.6. The standard InChI is InChI=1S/C34H43N3O10/c38-14-12-35-30(40)24-2-1-13-36(24)32(42)33-18-25-26-27(46-34(45-26,22-7-8-22)23-9-10-23)29(33)47-37(28(33)31(41)44-25)19-21-5-3-20(4-6-21)11-16-43-17-15-39/h3-6,11,16,22-29,38-39H,1-2,7-10,12-15,17-19H2,(H,35,40)/t24-,25-,26+,27+,28+,29-,33+/m1/s1. The molecule has 7 aliphatic rings. The number of amides is 2. The van der Waals surface area contributed by atoms with Crippen LogP contribution in [0.5, 0.6) is 0 Å². The van der Waals surface area contributed by atoms with Crippen molar-refractivity contribution < 1.29 is 48.4 Å². The van der Waals surface area contributed by atoms with E-state index in [0.717, 1.165) is 36.8 Å². The number of benzene rings is 1. The minimum atomic E-state index is -1.33. The smallest absolute Gasteiger partial charge is 0.327 e. The van der Waals surface area contributed by atoms with Gasteiger partial charge in [0, 0.05) is 31.3 Å². The van der Waals surface area contributed by atoms with Crippen LogP contribution in [0.1, 0.15) is 56.1 Å².